The molecule has 146 valence electrons. The van der Waals surface area contributed by atoms with Crippen LogP contribution in [0.2, 0.25) is 0 Å². The fraction of sp³-hybridized carbons (Fsp3) is 0.263. The highest BCUT2D eigenvalue weighted by atomic mass is 16.1. The Morgan fingerprint density at radius 3 is 2.71 bits per heavy atom. The van der Waals surface area contributed by atoms with Crippen LogP contribution in [-0.2, 0) is 11.8 Å². The predicted molar refractivity (Wildman–Crippen MR) is 108 cm³/mol. The maximum atomic E-state index is 11.8. The average Bonchev–Trinajstić information content (AvgIpc) is 3.03. The molecule has 0 saturated carbocycles. The molecule has 9 nitrogen and oxygen atoms in total. The number of benzene rings is 1. The van der Waals surface area contributed by atoms with Crippen LogP contribution < -0.4 is 22.1 Å². The number of nitrogens with one attached hydrogen (secondary N) is 2. The van der Waals surface area contributed by atoms with Gasteiger partial charge in [0.15, 0.2) is 11.5 Å². The van der Waals surface area contributed by atoms with Crippen molar-refractivity contribution in [2.45, 2.75) is 25.8 Å². The molecule has 6 N–H and O–H groups in total. The summed E-state index contributed by atoms with van der Waals surface area (Å²) in [6.45, 7) is 1.95. The topological polar surface area (TPSA) is 141 Å². The first-order valence-electron chi connectivity index (χ1n) is 8.94. The third-order valence-electron chi connectivity index (χ3n) is 4.43. The third kappa shape index (κ3) is 3.88. The van der Waals surface area contributed by atoms with Gasteiger partial charge in [-0.3, -0.25) is 9.59 Å². The number of hydrogen-bond donors (Lipinski definition) is 4. The van der Waals surface area contributed by atoms with E-state index in [1.165, 1.54) is 6.20 Å². The Labute approximate surface area is 162 Å². The van der Waals surface area contributed by atoms with Crippen LogP contribution in [-0.4, -0.2) is 32.4 Å². The van der Waals surface area contributed by atoms with E-state index in [4.69, 9.17) is 11.5 Å². The van der Waals surface area contributed by atoms with Crippen LogP contribution in [0.4, 0.5) is 17.3 Å². The standard InChI is InChI=1S/C19H23N7O2/c1-3-5-13(17(20)27)23-15-10-22-16(18(21)28)19(25-15)24-12-6-4-7-14-11(12)8-9-26(14)2/h4,6-10,13H,3,5H2,1-2H3,(H2,20,27)(H2,21,28)(H2,23,24,25). The van der Waals surface area contributed by atoms with Crippen LogP contribution in [0.25, 0.3) is 10.9 Å². The molecule has 28 heavy (non-hydrogen) atoms. The van der Waals surface area contributed by atoms with Gasteiger partial charge < -0.3 is 26.7 Å². The number of nitrogens with two attached hydrogens (primary N) is 2. The van der Waals surface area contributed by atoms with Gasteiger partial charge in [-0.1, -0.05) is 19.4 Å². The number of carbonyl (C=O) groups excluding carboxylic acids is 2. The van der Waals surface area contributed by atoms with Gasteiger partial charge in [-0.2, -0.15) is 0 Å². The Hall–Kier alpha value is -3.62. The van der Waals surface area contributed by atoms with Crippen molar-refractivity contribution in [3.63, 3.8) is 0 Å². The van der Waals surface area contributed by atoms with E-state index in [2.05, 4.69) is 20.6 Å². The molecule has 1 unspecified atom stereocenters. The molecule has 0 aliphatic heterocycles. The van der Waals surface area contributed by atoms with Gasteiger partial charge in [-0.15, -0.1) is 0 Å². The Bertz CT molecular complexity index is 1030. The highest BCUT2D eigenvalue weighted by Gasteiger charge is 2.18. The van der Waals surface area contributed by atoms with E-state index in [0.29, 0.717) is 12.2 Å². The molecular weight excluding hydrogens is 358 g/mol. The van der Waals surface area contributed by atoms with Crippen molar-refractivity contribution in [1.82, 2.24) is 14.5 Å². The third-order valence-corrected chi connectivity index (χ3v) is 4.43. The Balaban J connectivity index is 1.98. The van der Waals surface area contributed by atoms with E-state index >= 15 is 0 Å². The van der Waals surface area contributed by atoms with Gasteiger partial charge in [-0.05, 0) is 24.6 Å². The summed E-state index contributed by atoms with van der Waals surface area (Å²) < 4.78 is 1.99. The number of aromatic nitrogens is 3. The zero-order valence-electron chi connectivity index (χ0n) is 15.8. The molecule has 0 saturated heterocycles. The lowest BCUT2D eigenvalue weighted by Crippen LogP contribution is -2.35. The summed E-state index contributed by atoms with van der Waals surface area (Å²) >= 11 is 0. The zero-order chi connectivity index (χ0) is 20.3. The summed E-state index contributed by atoms with van der Waals surface area (Å²) in [7, 11) is 1.95. The van der Waals surface area contributed by atoms with Gasteiger partial charge in [0.2, 0.25) is 5.91 Å². The minimum absolute atomic E-state index is 0.00426. The lowest BCUT2D eigenvalue weighted by atomic mass is 10.1. The monoisotopic (exact) mass is 381 g/mol. The van der Waals surface area contributed by atoms with Crippen LogP contribution in [0.3, 0.4) is 0 Å². The van der Waals surface area contributed by atoms with Crippen molar-refractivity contribution >= 4 is 40.0 Å². The normalized spacial score (nSPS) is 11.9. The van der Waals surface area contributed by atoms with Gasteiger partial charge in [-0.25, -0.2) is 9.97 Å². The summed E-state index contributed by atoms with van der Waals surface area (Å²) in [6.07, 6.45) is 4.63. The van der Waals surface area contributed by atoms with Crippen molar-refractivity contribution in [3.8, 4) is 0 Å². The van der Waals surface area contributed by atoms with Gasteiger partial charge in [0, 0.05) is 29.8 Å². The van der Waals surface area contributed by atoms with Crippen LogP contribution in [0.5, 0.6) is 0 Å². The maximum absolute atomic E-state index is 11.8. The van der Waals surface area contributed by atoms with Crippen LogP contribution in [0.1, 0.15) is 30.3 Å². The average molecular weight is 381 g/mol. The van der Waals surface area contributed by atoms with Gasteiger partial charge >= 0.3 is 0 Å². The number of nitrogens with zero attached hydrogens (tertiary/aromatic N) is 3. The van der Waals surface area contributed by atoms with E-state index in [-0.39, 0.29) is 11.5 Å². The van der Waals surface area contributed by atoms with Crippen LogP contribution in [0.15, 0.2) is 36.7 Å². The molecule has 0 spiro atoms. The summed E-state index contributed by atoms with van der Waals surface area (Å²) in [5.74, 6) is -0.661. The number of hydrogen-bond acceptors (Lipinski definition) is 6. The number of anilines is 3. The Kier molecular flexibility index (Phi) is 5.44. The fourth-order valence-corrected chi connectivity index (χ4v) is 3.02. The van der Waals surface area contributed by atoms with E-state index < -0.39 is 17.9 Å². The first-order chi connectivity index (χ1) is 13.4. The minimum Gasteiger partial charge on any atom is -0.368 e. The number of primary amides is 2. The highest BCUT2D eigenvalue weighted by Crippen LogP contribution is 2.27. The second-order valence-electron chi connectivity index (χ2n) is 6.49. The van der Waals surface area contributed by atoms with Crippen molar-refractivity contribution in [3.05, 3.63) is 42.4 Å². The summed E-state index contributed by atoms with van der Waals surface area (Å²) in [4.78, 5) is 31.9. The number of amides is 2. The first-order valence-corrected chi connectivity index (χ1v) is 8.94. The van der Waals surface area contributed by atoms with Crippen LogP contribution in [0, 0.1) is 0 Å². The van der Waals surface area contributed by atoms with Crippen molar-refractivity contribution < 1.29 is 9.59 Å². The molecule has 1 atom stereocenters. The number of aryl methyl sites for hydroxylation is 1. The molecule has 3 aromatic rings. The smallest absolute Gasteiger partial charge is 0.271 e. The molecule has 1 aromatic carbocycles. The highest BCUT2D eigenvalue weighted by molar-refractivity contribution is 5.99. The summed E-state index contributed by atoms with van der Waals surface area (Å²) in [6, 6.07) is 7.14. The number of fused-ring (bicyclic) bond motifs is 1. The predicted octanol–water partition coefficient (Wildman–Crippen LogP) is 1.88. The van der Waals surface area contributed by atoms with E-state index in [0.717, 1.165) is 23.0 Å². The molecule has 2 heterocycles. The molecule has 3 rings (SSSR count). The maximum Gasteiger partial charge on any atom is 0.271 e. The zero-order valence-corrected chi connectivity index (χ0v) is 15.8. The first kappa shape index (κ1) is 19.2. The number of rotatable bonds is 8. The molecule has 0 fully saturated rings. The lowest BCUT2D eigenvalue weighted by Gasteiger charge is -2.17. The van der Waals surface area contributed by atoms with Crippen molar-refractivity contribution in [1.29, 1.82) is 0 Å². The van der Waals surface area contributed by atoms with Gasteiger partial charge in [0.1, 0.15) is 11.9 Å². The summed E-state index contributed by atoms with van der Waals surface area (Å²) in [5.41, 5.74) is 12.7. The number of carbonyl (C=O) groups is 2. The largest absolute Gasteiger partial charge is 0.368 e. The molecule has 9 heteroatoms. The quantitative estimate of drug-likeness (QED) is 0.469. The molecule has 0 radical (unpaired) electrons. The van der Waals surface area contributed by atoms with Gasteiger partial charge in [0.25, 0.3) is 5.91 Å². The molecule has 2 aromatic heterocycles. The molecule has 0 aliphatic rings. The van der Waals surface area contributed by atoms with Crippen molar-refractivity contribution in [2.75, 3.05) is 10.6 Å². The van der Waals surface area contributed by atoms with E-state index in [9.17, 15) is 9.59 Å². The molecular formula is C19H23N7O2. The Morgan fingerprint density at radius 2 is 2.04 bits per heavy atom. The fourth-order valence-electron chi connectivity index (χ4n) is 3.02. The SMILES string of the molecule is CCCC(Nc1cnc(C(N)=O)c(Nc2cccc3c2ccn3C)n1)C(N)=O. The van der Waals surface area contributed by atoms with Crippen LogP contribution >= 0.6 is 0 Å². The second kappa shape index (κ2) is 7.95. The van der Waals surface area contributed by atoms with Crippen molar-refractivity contribution in [2.24, 2.45) is 18.5 Å². The molecule has 0 bridgehead atoms. The Morgan fingerprint density at radius 1 is 1.25 bits per heavy atom. The summed E-state index contributed by atoms with van der Waals surface area (Å²) in [5, 5.41) is 7.07. The molecule has 2 amide bonds. The lowest BCUT2D eigenvalue weighted by molar-refractivity contribution is -0.118. The second-order valence-corrected chi connectivity index (χ2v) is 6.49. The van der Waals surface area contributed by atoms with Gasteiger partial charge in [0.05, 0.1) is 6.20 Å². The van der Waals surface area contributed by atoms with E-state index in [1.54, 1.807) is 0 Å². The molecule has 0 aliphatic carbocycles. The van der Waals surface area contributed by atoms with E-state index in [1.807, 2.05) is 49.0 Å². The minimum atomic E-state index is -0.707.